The Kier molecular flexibility index (Phi) is 6.68. The zero-order valence-corrected chi connectivity index (χ0v) is 11.5. The summed E-state index contributed by atoms with van der Waals surface area (Å²) in [6.07, 6.45) is 0.661. The minimum atomic E-state index is -0.679. The second-order valence-corrected chi connectivity index (χ2v) is 4.03. The van der Waals surface area contributed by atoms with E-state index in [2.05, 4.69) is 0 Å². The molecule has 1 aromatic rings. The summed E-state index contributed by atoms with van der Waals surface area (Å²) in [4.78, 5) is 23.6. The molecule has 0 unspecified atom stereocenters. The SMILES string of the molecule is COCCCN(CCOC)C(=O)c1ccc([N+](=O)[O-])o1. The lowest BCUT2D eigenvalue weighted by molar-refractivity contribution is -0.402. The first-order valence-electron chi connectivity index (χ1n) is 6.11. The third kappa shape index (κ3) is 4.63. The maximum absolute atomic E-state index is 12.2. The highest BCUT2D eigenvalue weighted by Gasteiger charge is 2.22. The number of methoxy groups -OCH3 is 2. The van der Waals surface area contributed by atoms with Gasteiger partial charge in [-0.15, -0.1) is 0 Å². The van der Waals surface area contributed by atoms with Crippen LogP contribution in [0.1, 0.15) is 17.0 Å². The molecular formula is C12H18N2O6. The van der Waals surface area contributed by atoms with Crippen molar-refractivity contribution >= 4 is 11.8 Å². The van der Waals surface area contributed by atoms with E-state index in [1.807, 2.05) is 0 Å². The van der Waals surface area contributed by atoms with Crippen LogP contribution in [-0.4, -0.2) is 56.3 Å². The molecule has 1 heterocycles. The molecule has 0 radical (unpaired) electrons. The summed E-state index contributed by atoms with van der Waals surface area (Å²) in [6, 6.07) is 2.47. The van der Waals surface area contributed by atoms with Gasteiger partial charge in [-0.25, -0.2) is 0 Å². The molecule has 0 aliphatic carbocycles. The molecule has 0 aliphatic heterocycles. The van der Waals surface area contributed by atoms with E-state index in [1.165, 1.54) is 18.1 Å². The number of furan rings is 1. The van der Waals surface area contributed by atoms with Crippen LogP contribution in [-0.2, 0) is 9.47 Å². The molecule has 112 valence electrons. The molecule has 0 aliphatic rings. The van der Waals surface area contributed by atoms with Gasteiger partial charge in [0, 0.05) is 33.9 Å². The number of nitro groups is 1. The van der Waals surface area contributed by atoms with Gasteiger partial charge in [0.15, 0.2) is 5.76 Å². The van der Waals surface area contributed by atoms with Crippen molar-refractivity contribution in [3.8, 4) is 0 Å². The first-order chi connectivity index (χ1) is 9.60. The average molecular weight is 286 g/mol. The number of nitrogens with zero attached hydrogens (tertiary/aromatic N) is 2. The first kappa shape index (κ1) is 16.1. The van der Waals surface area contributed by atoms with Crippen molar-refractivity contribution < 1.29 is 23.6 Å². The number of carbonyl (C=O) groups is 1. The fourth-order valence-corrected chi connectivity index (χ4v) is 1.61. The zero-order valence-electron chi connectivity index (χ0n) is 11.5. The van der Waals surface area contributed by atoms with E-state index < -0.39 is 16.7 Å². The quantitative estimate of drug-likeness (QED) is 0.386. The van der Waals surface area contributed by atoms with Gasteiger partial charge in [-0.3, -0.25) is 14.9 Å². The lowest BCUT2D eigenvalue weighted by atomic mass is 10.3. The minimum Gasteiger partial charge on any atom is -0.395 e. The van der Waals surface area contributed by atoms with Crippen LogP contribution in [0.15, 0.2) is 16.5 Å². The van der Waals surface area contributed by atoms with E-state index in [4.69, 9.17) is 13.9 Å². The Balaban J connectivity index is 2.71. The topological polar surface area (TPSA) is 95.0 Å². The van der Waals surface area contributed by atoms with Gasteiger partial charge in [0.25, 0.3) is 5.91 Å². The molecule has 1 aromatic heterocycles. The standard InChI is InChI=1S/C12H18N2O6/c1-18-8-3-6-13(7-9-19-2)12(15)10-4-5-11(20-10)14(16)17/h4-5H,3,6-9H2,1-2H3. The molecule has 0 bridgehead atoms. The van der Waals surface area contributed by atoms with Crippen molar-refractivity contribution in [2.24, 2.45) is 0 Å². The van der Waals surface area contributed by atoms with Gasteiger partial charge >= 0.3 is 5.88 Å². The summed E-state index contributed by atoms with van der Waals surface area (Å²) in [5.41, 5.74) is 0. The highest BCUT2D eigenvalue weighted by Crippen LogP contribution is 2.17. The predicted octanol–water partition coefficient (Wildman–Crippen LogP) is 1.31. The average Bonchev–Trinajstić information content (AvgIpc) is 2.92. The van der Waals surface area contributed by atoms with Gasteiger partial charge in [0.05, 0.1) is 12.7 Å². The first-order valence-corrected chi connectivity index (χ1v) is 6.11. The summed E-state index contributed by atoms with van der Waals surface area (Å²) in [5.74, 6) is -0.895. The van der Waals surface area contributed by atoms with E-state index in [0.29, 0.717) is 32.7 Å². The van der Waals surface area contributed by atoms with Crippen molar-refractivity contribution in [1.29, 1.82) is 0 Å². The molecular weight excluding hydrogens is 268 g/mol. The molecule has 0 aromatic carbocycles. The monoisotopic (exact) mass is 286 g/mol. The van der Waals surface area contributed by atoms with Crippen LogP contribution < -0.4 is 0 Å². The van der Waals surface area contributed by atoms with Crippen LogP contribution in [0, 0.1) is 10.1 Å². The minimum absolute atomic E-state index is 0.0507. The Morgan fingerprint density at radius 3 is 2.55 bits per heavy atom. The molecule has 0 N–H and O–H groups in total. The number of hydrogen-bond donors (Lipinski definition) is 0. The van der Waals surface area contributed by atoms with E-state index in [-0.39, 0.29) is 5.76 Å². The molecule has 20 heavy (non-hydrogen) atoms. The molecule has 0 saturated carbocycles. The molecule has 0 saturated heterocycles. The second kappa shape index (κ2) is 8.28. The molecule has 1 rings (SSSR count). The summed E-state index contributed by atoms with van der Waals surface area (Å²) in [5, 5.41) is 10.5. The summed E-state index contributed by atoms with van der Waals surface area (Å²) >= 11 is 0. The summed E-state index contributed by atoms with van der Waals surface area (Å²) < 4.78 is 14.8. The normalized spacial score (nSPS) is 10.5. The maximum atomic E-state index is 12.2. The Hall–Kier alpha value is -1.93. The van der Waals surface area contributed by atoms with Crippen LogP contribution in [0.5, 0.6) is 0 Å². The van der Waals surface area contributed by atoms with Crippen LogP contribution >= 0.6 is 0 Å². The van der Waals surface area contributed by atoms with Gasteiger partial charge in [-0.1, -0.05) is 0 Å². The van der Waals surface area contributed by atoms with Gasteiger partial charge in [-0.2, -0.15) is 0 Å². The largest absolute Gasteiger partial charge is 0.433 e. The van der Waals surface area contributed by atoms with Crippen molar-refractivity contribution in [3.05, 3.63) is 28.0 Å². The van der Waals surface area contributed by atoms with Gasteiger partial charge < -0.3 is 18.8 Å². The van der Waals surface area contributed by atoms with Crippen LogP contribution in [0.2, 0.25) is 0 Å². The summed E-state index contributed by atoms with van der Waals surface area (Å²) in [6.45, 7) is 1.74. The van der Waals surface area contributed by atoms with E-state index in [9.17, 15) is 14.9 Å². The predicted molar refractivity (Wildman–Crippen MR) is 69.6 cm³/mol. The lowest BCUT2D eigenvalue weighted by Crippen LogP contribution is -2.35. The maximum Gasteiger partial charge on any atom is 0.433 e. The molecule has 1 amide bonds. The van der Waals surface area contributed by atoms with Crippen LogP contribution in [0.4, 0.5) is 5.88 Å². The van der Waals surface area contributed by atoms with E-state index in [0.717, 1.165) is 6.07 Å². The van der Waals surface area contributed by atoms with Crippen molar-refractivity contribution in [2.75, 3.05) is 40.5 Å². The smallest absolute Gasteiger partial charge is 0.395 e. The third-order valence-electron chi connectivity index (χ3n) is 2.61. The molecule has 8 heteroatoms. The number of ether oxygens (including phenoxy) is 2. The zero-order chi connectivity index (χ0) is 15.0. The fourth-order valence-electron chi connectivity index (χ4n) is 1.61. The molecule has 0 fully saturated rings. The Morgan fingerprint density at radius 2 is 2.00 bits per heavy atom. The highest BCUT2D eigenvalue weighted by molar-refractivity contribution is 5.91. The number of rotatable bonds is 9. The second-order valence-electron chi connectivity index (χ2n) is 4.03. The Morgan fingerprint density at radius 1 is 1.30 bits per heavy atom. The number of amides is 1. The van der Waals surface area contributed by atoms with Gasteiger partial charge in [0.2, 0.25) is 0 Å². The van der Waals surface area contributed by atoms with Crippen molar-refractivity contribution in [2.45, 2.75) is 6.42 Å². The molecule has 0 spiro atoms. The van der Waals surface area contributed by atoms with Crippen LogP contribution in [0.3, 0.4) is 0 Å². The Labute approximate surface area is 116 Å². The lowest BCUT2D eigenvalue weighted by Gasteiger charge is -2.20. The van der Waals surface area contributed by atoms with Crippen molar-refractivity contribution in [3.63, 3.8) is 0 Å². The fraction of sp³-hybridized carbons (Fsp3) is 0.583. The molecule has 0 atom stereocenters. The van der Waals surface area contributed by atoms with Crippen molar-refractivity contribution in [1.82, 2.24) is 4.90 Å². The number of carbonyl (C=O) groups excluding carboxylic acids is 1. The van der Waals surface area contributed by atoms with E-state index in [1.54, 1.807) is 7.11 Å². The van der Waals surface area contributed by atoms with Gasteiger partial charge in [0.1, 0.15) is 4.92 Å². The number of hydrogen-bond acceptors (Lipinski definition) is 6. The van der Waals surface area contributed by atoms with Crippen LogP contribution in [0.25, 0.3) is 0 Å². The van der Waals surface area contributed by atoms with E-state index >= 15 is 0 Å². The third-order valence-corrected chi connectivity index (χ3v) is 2.61. The van der Waals surface area contributed by atoms with Gasteiger partial charge in [-0.05, 0) is 12.5 Å². The highest BCUT2D eigenvalue weighted by atomic mass is 16.6. The molecule has 8 nitrogen and oxygen atoms in total. The summed E-state index contributed by atoms with van der Waals surface area (Å²) in [7, 11) is 3.12. The Bertz CT molecular complexity index is 445.